The molecule has 2 aliphatic rings. The lowest BCUT2D eigenvalue weighted by Gasteiger charge is -2.38. The number of nitrogens with one attached hydrogen (secondary N) is 3. The normalized spacial score (nSPS) is 21.2. The van der Waals surface area contributed by atoms with Crippen LogP contribution >= 0.6 is 0 Å². The van der Waals surface area contributed by atoms with Crippen LogP contribution in [-0.4, -0.2) is 43.5 Å². The molecule has 3 N–H and O–H groups in total. The molecule has 7 nitrogen and oxygen atoms in total. The van der Waals surface area contributed by atoms with Crippen molar-refractivity contribution >= 4 is 32.5 Å². The number of para-hydroxylation sites is 2. The first kappa shape index (κ1) is 19.1. The zero-order valence-electron chi connectivity index (χ0n) is 16.1. The van der Waals surface area contributed by atoms with Gasteiger partial charge in [0.05, 0.1) is 17.4 Å². The lowest BCUT2D eigenvalue weighted by atomic mass is 9.93. The maximum Gasteiger partial charge on any atom is 0.270 e. The van der Waals surface area contributed by atoms with Gasteiger partial charge < -0.3 is 15.2 Å². The summed E-state index contributed by atoms with van der Waals surface area (Å²) in [5, 5.41) is 3.94. The van der Waals surface area contributed by atoms with Crippen LogP contribution in [0.5, 0.6) is 0 Å². The molecule has 0 saturated carbocycles. The van der Waals surface area contributed by atoms with Crippen molar-refractivity contribution in [1.29, 1.82) is 0 Å². The van der Waals surface area contributed by atoms with Gasteiger partial charge in [-0.3, -0.25) is 4.79 Å². The molecule has 3 heterocycles. The van der Waals surface area contributed by atoms with Crippen LogP contribution < -0.4 is 10.0 Å². The molecule has 1 amide bonds. The maximum absolute atomic E-state index is 13.9. The number of amides is 1. The number of hydrogen-bond donors (Lipinski definition) is 3. The van der Waals surface area contributed by atoms with Crippen LogP contribution in [-0.2, 0) is 10.0 Å². The summed E-state index contributed by atoms with van der Waals surface area (Å²) in [5.41, 5.74) is 1.29. The van der Waals surface area contributed by atoms with Crippen molar-refractivity contribution in [3.8, 4) is 0 Å². The molecule has 1 fully saturated rings. The first-order valence-corrected chi connectivity index (χ1v) is 11.3. The maximum atomic E-state index is 13.9. The first-order valence-electron chi connectivity index (χ1n) is 9.87. The number of H-pyrrole nitrogens is 1. The molecule has 30 heavy (non-hydrogen) atoms. The molecular formula is C21H21FN4O3S. The Balaban J connectivity index is 1.28. The number of aromatic amines is 1. The van der Waals surface area contributed by atoms with E-state index in [0.29, 0.717) is 48.2 Å². The summed E-state index contributed by atoms with van der Waals surface area (Å²) >= 11 is 0. The van der Waals surface area contributed by atoms with E-state index < -0.39 is 16.2 Å². The van der Waals surface area contributed by atoms with Crippen molar-refractivity contribution in [2.24, 2.45) is 5.92 Å². The fraction of sp³-hybridized carbons (Fsp3) is 0.286. The van der Waals surface area contributed by atoms with Crippen molar-refractivity contribution in [3.05, 3.63) is 60.0 Å². The van der Waals surface area contributed by atoms with Gasteiger partial charge in [-0.1, -0.05) is 24.3 Å². The van der Waals surface area contributed by atoms with Gasteiger partial charge >= 0.3 is 0 Å². The molecule has 3 aromatic rings. The molecule has 0 bridgehead atoms. The van der Waals surface area contributed by atoms with E-state index in [2.05, 4.69) is 15.0 Å². The van der Waals surface area contributed by atoms with Gasteiger partial charge in [0.15, 0.2) is 0 Å². The predicted octanol–water partition coefficient (Wildman–Crippen LogP) is 2.89. The number of anilines is 1. The summed E-state index contributed by atoms with van der Waals surface area (Å²) in [6.07, 6.45) is 0.898. The molecule has 9 heteroatoms. The van der Waals surface area contributed by atoms with Crippen LogP contribution in [0.1, 0.15) is 23.3 Å². The van der Waals surface area contributed by atoms with Gasteiger partial charge in [0.1, 0.15) is 16.4 Å². The van der Waals surface area contributed by atoms with Crippen LogP contribution in [0.2, 0.25) is 0 Å². The monoisotopic (exact) mass is 428 g/mol. The molecule has 156 valence electrons. The minimum atomic E-state index is -3.57. The molecule has 2 aromatic carbocycles. The molecule has 2 aliphatic heterocycles. The van der Waals surface area contributed by atoms with E-state index in [-0.39, 0.29) is 22.5 Å². The molecule has 1 atom stereocenters. The van der Waals surface area contributed by atoms with Gasteiger partial charge in [0, 0.05) is 18.5 Å². The van der Waals surface area contributed by atoms with E-state index in [1.54, 1.807) is 47.4 Å². The zero-order chi connectivity index (χ0) is 20.9. The number of halogens is 1. The number of piperidine rings is 1. The lowest BCUT2D eigenvalue weighted by Crippen LogP contribution is -2.52. The third-order valence-corrected chi connectivity index (χ3v) is 7.40. The lowest BCUT2D eigenvalue weighted by molar-refractivity contribution is 0.0674. The van der Waals surface area contributed by atoms with E-state index >= 15 is 0 Å². The number of hydrogen-bond acceptors (Lipinski definition) is 4. The predicted molar refractivity (Wildman–Crippen MR) is 111 cm³/mol. The Morgan fingerprint density at radius 1 is 1.07 bits per heavy atom. The van der Waals surface area contributed by atoms with Gasteiger partial charge in [-0.15, -0.1) is 0 Å². The van der Waals surface area contributed by atoms with Crippen LogP contribution in [0.3, 0.4) is 0 Å². The largest absolute Gasteiger partial charge is 0.368 e. The number of fused-ring (bicyclic) bond motifs is 2. The summed E-state index contributed by atoms with van der Waals surface area (Å²) in [6, 6.07) is 13.2. The number of rotatable bonds is 2. The Hall–Kier alpha value is -2.91. The Morgan fingerprint density at radius 3 is 2.60 bits per heavy atom. The fourth-order valence-electron chi connectivity index (χ4n) is 4.30. The summed E-state index contributed by atoms with van der Waals surface area (Å²) < 4.78 is 41.7. The summed E-state index contributed by atoms with van der Waals surface area (Å²) in [6.45, 7) is 1.01. The quantitative estimate of drug-likeness (QED) is 0.585. The van der Waals surface area contributed by atoms with Crippen LogP contribution in [0.4, 0.5) is 10.1 Å². The summed E-state index contributed by atoms with van der Waals surface area (Å²) in [5.74, 6) is -0.509. The highest BCUT2D eigenvalue weighted by Crippen LogP contribution is 2.31. The van der Waals surface area contributed by atoms with Gasteiger partial charge in [-0.2, -0.15) is 4.72 Å². The van der Waals surface area contributed by atoms with E-state index in [4.69, 9.17) is 0 Å². The van der Waals surface area contributed by atoms with Gasteiger partial charge in [-0.05, 0) is 43.0 Å². The Bertz CT molecular complexity index is 1230. The Kier molecular flexibility index (Phi) is 4.52. The number of carbonyl (C=O) groups is 1. The number of benzene rings is 2. The van der Waals surface area contributed by atoms with Crippen molar-refractivity contribution < 1.29 is 17.6 Å². The number of aromatic nitrogens is 1. The second-order valence-electron chi connectivity index (χ2n) is 7.76. The van der Waals surface area contributed by atoms with Crippen molar-refractivity contribution in [2.75, 3.05) is 18.4 Å². The molecule has 0 spiro atoms. The minimum absolute atomic E-state index is 0.0531. The standard InChI is InChI=1S/C21H21FN4O3S/c22-15-5-3-4-14-12-17(23-19(14)15)21(27)26-10-8-13(9-11-26)20-24-16-6-1-2-7-18(16)30(28,29)25-20/h1-7,12-13,20,23-25H,8-11H2/t20-/m1/s1. The third kappa shape index (κ3) is 3.23. The molecule has 5 rings (SSSR count). The number of nitrogens with zero attached hydrogens (tertiary/aromatic N) is 1. The first-order chi connectivity index (χ1) is 14.4. The molecular weight excluding hydrogens is 407 g/mol. The topological polar surface area (TPSA) is 94.3 Å². The van der Waals surface area contributed by atoms with Crippen molar-refractivity contribution in [1.82, 2.24) is 14.6 Å². The molecule has 0 aliphatic carbocycles. The van der Waals surface area contributed by atoms with Crippen LogP contribution in [0.15, 0.2) is 53.4 Å². The molecule has 1 aromatic heterocycles. The number of sulfonamides is 1. The Labute approximate surface area is 173 Å². The van der Waals surface area contributed by atoms with Crippen molar-refractivity contribution in [2.45, 2.75) is 23.9 Å². The van der Waals surface area contributed by atoms with E-state index in [0.717, 1.165) is 0 Å². The van der Waals surface area contributed by atoms with Crippen LogP contribution in [0.25, 0.3) is 10.9 Å². The highest BCUT2D eigenvalue weighted by molar-refractivity contribution is 7.89. The third-order valence-electron chi connectivity index (χ3n) is 5.90. The Morgan fingerprint density at radius 2 is 1.83 bits per heavy atom. The van der Waals surface area contributed by atoms with Gasteiger partial charge in [0.25, 0.3) is 5.91 Å². The molecule has 1 saturated heterocycles. The minimum Gasteiger partial charge on any atom is -0.368 e. The summed E-state index contributed by atoms with van der Waals surface area (Å²) in [4.78, 5) is 17.7. The second kappa shape index (κ2) is 7.10. The molecule has 0 radical (unpaired) electrons. The fourth-order valence-corrected chi connectivity index (χ4v) is 5.69. The van der Waals surface area contributed by atoms with E-state index in [1.807, 2.05) is 0 Å². The second-order valence-corrected chi connectivity index (χ2v) is 9.44. The highest BCUT2D eigenvalue weighted by atomic mass is 32.2. The average molecular weight is 428 g/mol. The highest BCUT2D eigenvalue weighted by Gasteiger charge is 2.36. The van der Waals surface area contributed by atoms with Gasteiger partial charge in [-0.25, -0.2) is 12.8 Å². The number of likely N-dealkylation sites (tertiary alicyclic amines) is 1. The van der Waals surface area contributed by atoms with E-state index in [1.165, 1.54) is 6.07 Å². The smallest absolute Gasteiger partial charge is 0.270 e. The van der Waals surface area contributed by atoms with Crippen LogP contribution in [0, 0.1) is 11.7 Å². The summed E-state index contributed by atoms with van der Waals surface area (Å²) in [7, 11) is -3.57. The van der Waals surface area contributed by atoms with E-state index in [9.17, 15) is 17.6 Å². The SMILES string of the molecule is O=C(c1cc2cccc(F)c2[nH]1)N1CCC([C@@H]2Nc3ccccc3S(=O)(=O)N2)CC1. The zero-order valence-corrected chi connectivity index (χ0v) is 16.9. The van der Waals surface area contributed by atoms with Crippen molar-refractivity contribution in [3.63, 3.8) is 0 Å². The average Bonchev–Trinajstić information content (AvgIpc) is 3.19. The van der Waals surface area contributed by atoms with Gasteiger partial charge in [0.2, 0.25) is 10.0 Å². The molecule has 0 unspecified atom stereocenters. The number of carbonyl (C=O) groups excluding carboxylic acids is 1.